The Labute approximate surface area is 193 Å². The van der Waals surface area contributed by atoms with Gasteiger partial charge in [-0.1, -0.05) is 29.8 Å². The minimum atomic E-state index is -3.00. The summed E-state index contributed by atoms with van der Waals surface area (Å²) >= 11 is 6.05. The highest BCUT2D eigenvalue weighted by molar-refractivity contribution is 6.32. The SMILES string of the molecule is Cc1cccc(C)c1NC(=O)OC[C@H](C)NC(=O)c1cn(-c2ncccc2Cl)nc1C(F)F. The first-order valence-electron chi connectivity index (χ1n) is 9.96. The molecule has 8 nitrogen and oxygen atoms in total. The second-order valence-corrected chi connectivity index (χ2v) is 7.75. The maximum atomic E-state index is 13.5. The van der Waals surface area contributed by atoms with Crippen LogP contribution in [-0.2, 0) is 4.74 Å². The fourth-order valence-electron chi connectivity index (χ4n) is 3.07. The molecule has 2 heterocycles. The number of hydrogen-bond acceptors (Lipinski definition) is 5. The number of hydrogen-bond donors (Lipinski definition) is 2. The molecular weight excluding hydrogens is 456 g/mol. The third-order valence-electron chi connectivity index (χ3n) is 4.70. The highest BCUT2D eigenvalue weighted by Crippen LogP contribution is 2.25. The van der Waals surface area contributed by atoms with Crippen LogP contribution < -0.4 is 10.6 Å². The van der Waals surface area contributed by atoms with Gasteiger partial charge in [-0.05, 0) is 44.0 Å². The lowest BCUT2D eigenvalue weighted by Crippen LogP contribution is -2.37. The minimum Gasteiger partial charge on any atom is -0.447 e. The number of halogens is 3. The van der Waals surface area contributed by atoms with Crippen LogP contribution in [0.1, 0.15) is 40.5 Å². The fraction of sp³-hybridized carbons (Fsp3) is 0.273. The largest absolute Gasteiger partial charge is 0.447 e. The molecule has 0 unspecified atom stereocenters. The number of amides is 2. The second kappa shape index (κ2) is 10.4. The summed E-state index contributed by atoms with van der Waals surface area (Å²) in [6.07, 6.45) is -1.14. The number of ether oxygens (including phenoxy) is 1. The molecule has 0 bridgehead atoms. The van der Waals surface area contributed by atoms with Crippen LogP contribution in [0.3, 0.4) is 0 Å². The molecule has 174 valence electrons. The third-order valence-corrected chi connectivity index (χ3v) is 5.00. The predicted molar refractivity (Wildman–Crippen MR) is 119 cm³/mol. The van der Waals surface area contributed by atoms with Crippen molar-refractivity contribution < 1.29 is 23.1 Å². The summed E-state index contributed by atoms with van der Waals surface area (Å²) in [5.74, 6) is -0.686. The summed E-state index contributed by atoms with van der Waals surface area (Å²) in [6.45, 7) is 5.10. The van der Waals surface area contributed by atoms with Crippen molar-refractivity contribution in [1.82, 2.24) is 20.1 Å². The van der Waals surface area contributed by atoms with Crippen molar-refractivity contribution >= 4 is 29.3 Å². The summed E-state index contributed by atoms with van der Waals surface area (Å²) in [6, 6.07) is 8.02. The van der Waals surface area contributed by atoms with Crippen molar-refractivity contribution in [2.75, 3.05) is 11.9 Å². The Hall–Kier alpha value is -3.53. The van der Waals surface area contributed by atoms with Gasteiger partial charge in [0.15, 0.2) is 5.82 Å². The molecule has 0 radical (unpaired) electrons. The summed E-state index contributed by atoms with van der Waals surface area (Å²) in [7, 11) is 0. The lowest BCUT2D eigenvalue weighted by molar-refractivity contribution is 0.0896. The van der Waals surface area contributed by atoms with Crippen molar-refractivity contribution in [3.8, 4) is 5.82 Å². The van der Waals surface area contributed by atoms with Gasteiger partial charge < -0.3 is 10.1 Å². The molecule has 0 aliphatic rings. The molecule has 3 aromatic rings. The van der Waals surface area contributed by atoms with E-state index < -0.39 is 30.2 Å². The predicted octanol–water partition coefficient (Wildman–Crippen LogP) is 4.84. The quantitative estimate of drug-likeness (QED) is 0.507. The highest BCUT2D eigenvalue weighted by atomic mass is 35.5. The molecule has 3 rings (SSSR count). The maximum Gasteiger partial charge on any atom is 0.411 e. The molecule has 1 aromatic carbocycles. The second-order valence-electron chi connectivity index (χ2n) is 7.35. The standard InChI is InChI=1S/C22H22ClF2N5O3/c1-12-6-4-7-13(2)17(12)28-22(32)33-11-14(3)27-21(31)15-10-30(29-18(15)19(24)25)20-16(23)8-5-9-26-20/h4-10,14,19H,11H2,1-3H3,(H,27,31)(H,28,32)/t14-/m0/s1. The number of anilines is 1. The minimum absolute atomic E-state index is 0.111. The van der Waals surface area contributed by atoms with Gasteiger partial charge >= 0.3 is 6.09 Å². The van der Waals surface area contributed by atoms with Gasteiger partial charge in [0.2, 0.25) is 0 Å². The van der Waals surface area contributed by atoms with E-state index in [-0.39, 0.29) is 23.0 Å². The highest BCUT2D eigenvalue weighted by Gasteiger charge is 2.25. The van der Waals surface area contributed by atoms with Crippen LogP contribution >= 0.6 is 11.6 Å². The summed E-state index contributed by atoms with van der Waals surface area (Å²) in [4.78, 5) is 28.8. The van der Waals surface area contributed by atoms with E-state index in [9.17, 15) is 18.4 Å². The molecule has 2 amide bonds. The number of benzene rings is 1. The summed E-state index contributed by atoms with van der Waals surface area (Å²) in [5, 5.41) is 9.15. The zero-order valence-corrected chi connectivity index (χ0v) is 18.9. The molecule has 11 heteroatoms. The number of rotatable bonds is 7. The lowest BCUT2D eigenvalue weighted by Gasteiger charge is -2.16. The molecule has 2 N–H and O–H groups in total. The normalized spacial score (nSPS) is 11.8. The average Bonchev–Trinajstić information content (AvgIpc) is 3.21. The number of aryl methyl sites for hydroxylation is 2. The summed E-state index contributed by atoms with van der Waals surface area (Å²) in [5.41, 5.74) is 1.34. The first-order valence-corrected chi connectivity index (χ1v) is 10.3. The number of nitrogens with zero attached hydrogens (tertiary/aromatic N) is 3. The lowest BCUT2D eigenvalue weighted by atomic mass is 10.1. The molecule has 33 heavy (non-hydrogen) atoms. The van der Waals surface area contributed by atoms with Crippen LogP contribution in [0.2, 0.25) is 5.02 Å². The van der Waals surface area contributed by atoms with Crippen LogP contribution in [0.25, 0.3) is 5.82 Å². The number of aromatic nitrogens is 3. The van der Waals surface area contributed by atoms with E-state index in [2.05, 4.69) is 20.7 Å². The molecule has 1 atom stereocenters. The third kappa shape index (κ3) is 5.83. The van der Waals surface area contributed by atoms with Crippen LogP contribution in [0, 0.1) is 13.8 Å². The molecule has 2 aromatic heterocycles. The van der Waals surface area contributed by atoms with E-state index in [0.29, 0.717) is 5.69 Å². The number of carbonyl (C=O) groups is 2. The van der Waals surface area contributed by atoms with Gasteiger partial charge in [0, 0.05) is 18.1 Å². The Morgan fingerprint density at radius 1 is 1.18 bits per heavy atom. The molecule has 0 fully saturated rings. The van der Waals surface area contributed by atoms with E-state index in [4.69, 9.17) is 16.3 Å². The molecule has 0 saturated heterocycles. The van der Waals surface area contributed by atoms with Gasteiger partial charge in [-0.3, -0.25) is 10.1 Å². The van der Waals surface area contributed by atoms with Crippen molar-refractivity contribution in [2.24, 2.45) is 0 Å². The average molecular weight is 478 g/mol. The van der Waals surface area contributed by atoms with Gasteiger partial charge in [-0.15, -0.1) is 0 Å². The van der Waals surface area contributed by atoms with Gasteiger partial charge in [-0.25, -0.2) is 23.2 Å². The molecule has 0 aliphatic heterocycles. The van der Waals surface area contributed by atoms with Gasteiger partial charge in [0.05, 0.1) is 16.6 Å². The monoisotopic (exact) mass is 477 g/mol. The summed E-state index contributed by atoms with van der Waals surface area (Å²) < 4.78 is 33.2. The molecular formula is C22H22ClF2N5O3. The topological polar surface area (TPSA) is 98.1 Å². The van der Waals surface area contributed by atoms with Gasteiger partial charge in [0.1, 0.15) is 12.3 Å². The van der Waals surface area contributed by atoms with Crippen LogP contribution in [0.15, 0.2) is 42.7 Å². The van der Waals surface area contributed by atoms with E-state index in [1.807, 2.05) is 32.0 Å². The van der Waals surface area contributed by atoms with E-state index in [1.54, 1.807) is 13.0 Å². The molecule has 0 saturated carbocycles. The maximum absolute atomic E-state index is 13.5. The van der Waals surface area contributed by atoms with Crippen molar-refractivity contribution in [3.05, 3.63) is 70.1 Å². The Morgan fingerprint density at radius 3 is 2.52 bits per heavy atom. The van der Waals surface area contributed by atoms with E-state index in [0.717, 1.165) is 22.0 Å². The number of nitrogens with one attached hydrogen (secondary N) is 2. The Bertz CT molecular complexity index is 1150. The number of carbonyl (C=O) groups excluding carboxylic acids is 2. The Kier molecular flexibility index (Phi) is 7.59. The van der Waals surface area contributed by atoms with Gasteiger partial charge in [-0.2, -0.15) is 5.10 Å². The molecule has 0 aliphatic carbocycles. The van der Waals surface area contributed by atoms with Crippen LogP contribution in [0.4, 0.5) is 19.3 Å². The van der Waals surface area contributed by atoms with Crippen molar-refractivity contribution in [1.29, 1.82) is 0 Å². The van der Waals surface area contributed by atoms with Crippen molar-refractivity contribution in [3.63, 3.8) is 0 Å². The zero-order chi connectivity index (χ0) is 24.1. The van der Waals surface area contributed by atoms with E-state index in [1.165, 1.54) is 12.3 Å². The van der Waals surface area contributed by atoms with Crippen LogP contribution in [-0.4, -0.2) is 39.4 Å². The Morgan fingerprint density at radius 2 is 1.88 bits per heavy atom. The van der Waals surface area contributed by atoms with Crippen LogP contribution in [0.5, 0.6) is 0 Å². The zero-order valence-electron chi connectivity index (χ0n) is 18.1. The fourth-order valence-corrected chi connectivity index (χ4v) is 3.28. The van der Waals surface area contributed by atoms with Gasteiger partial charge in [0.25, 0.3) is 12.3 Å². The number of alkyl halides is 2. The molecule has 0 spiro atoms. The van der Waals surface area contributed by atoms with Crippen molar-refractivity contribution in [2.45, 2.75) is 33.2 Å². The number of pyridine rings is 1. The Balaban J connectivity index is 1.64. The first kappa shape index (κ1) is 24.1. The van der Waals surface area contributed by atoms with E-state index >= 15 is 0 Å². The first-order chi connectivity index (χ1) is 15.7. The number of para-hydroxylation sites is 1. The smallest absolute Gasteiger partial charge is 0.411 e.